The molecule has 0 aliphatic rings. The van der Waals surface area contributed by atoms with Gasteiger partial charge in [0.25, 0.3) is 5.91 Å². The van der Waals surface area contributed by atoms with Crippen molar-refractivity contribution in [2.75, 3.05) is 17.7 Å². The van der Waals surface area contributed by atoms with E-state index in [1.165, 1.54) is 30.5 Å². The molecule has 30 heavy (non-hydrogen) atoms. The fourth-order valence-corrected chi connectivity index (χ4v) is 2.39. The Hall–Kier alpha value is -4.34. The van der Waals surface area contributed by atoms with Gasteiger partial charge in [0, 0.05) is 12.3 Å². The lowest BCUT2D eigenvalue weighted by molar-refractivity contribution is 0.102. The third kappa shape index (κ3) is 5.35. The normalized spacial score (nSPS) is 10.2. The van der Waals surface area contributed by atoms with Gasteiger partial charge in [-0.15, -0.1) is 0 Å². The van der Waals surface area contributed by atoms with Crippen LogP contribution in [-0.2, 0) is 6.61 Å². The number of nitrogens with zero attached hydrogens (tertiary/aromatic N) is 2. The lowest BCUT2D eigenvalue weighted by Crippen LogP contribution is -2.13. The first-order valence-electron chi connectivity index (χ1n) is 8.66. The van der Waals surface area contributed by atoms with Gasteiger partial charge in [-0.2, -0.15) is 0 Å². The van der Waals surface area contributed by atoms with Crippen LogP contribution in [0.5, 0.6) is 17.2 Å². The van der Waals surface area contributed by atoms with E-state index in [0.717, 1.165) is 0 Å². The van der Waals surface area contributed by atoms with Crippen molar-refractivity contribution in [1.29, 1.82) is 0 Å². The maximum absolute atomic E-state index is 12.4. The number of amides is 2. The number of nitrogens with one attached hydrogen (secondary N) is 2. The summed E-state index contributed by atoms with van der Waals surface area (Å²) in [7, 11) is 1.55. The molecule has 0 spiro atoms. The second-order valence-electron chi connectivity index (χ2n) is 5.97. The molecule has 0 saturated carbocycles. The summed E-state index contributed by atoms with van der Waals surface area (Å²) < 4.78 is 10.7. The maximum Gasteiger partial charge on any atom is 0.410 e. The minimum atomic E-state index is -1.26. The summed E-state index contributed by atoms with van der Waals surface area (Å²) in [6, 6.07) is 10.7. The zero-order valence-corrected chi connectivity index (χ0v) is 15.8. The molecule has 2 amide bonds. The fourth-order valence-electron chi connectivity index (χ4n) is 2.39. The van der Waals surface area contributed by atoms with Crippen LogP contribution in [-0.4, -0.2) is 39.3 Å². The molecule has 2 aromatic heterocycles. The number of aromatic hydroxyl groups is 1. The number of ether oxygens (including phenoxy) is 2. The van der Waals surface area contributed by atoms with Crippen LogP contribution in [0, 0.1) is 0 Å². The Balaban J connectivity index is 1.65. The monoisotopic (exact) mass is 410 g/mol. The van der Waals surface area contributed by atoms with Crippen LogP contribution < -0.4 is 20.1 Å². The van der Waals surface area contributed by atoms with Crippen molar-refractivity contribution < 1.29 is 29.3 Å². The highest BCUT2D eigenvalue weighted by Gasteiger charge is 2.11. The van der Waals surface area contributed by atoms with Crippen LogP contribution in [0.15, 0.2) is 54.9 Å². The molecular weight excluding hydrogens is 392 g/mol. The van der Waals surface area contributed by atoms with E-state index in [9.17, 15) is 14.7 Å². The second-order valence-corrected chi connectivity index (χ2v) is 5.97. The predicted octanol–water partition coefficient (Wildman–Crippen LogP) is 3.11. The average molecular weight is 410 g/mol. The smallest absolute Gasteiger partial charge is 0.410 e. The number of carbonyl (C=O) groups excluding carboxylic acids is 1. The van der Waals surface area contributed by atoms with Crippen LogP contribution in [0.25, 0.3) is 0 Å². The van der Waals surface area contributed by atoms with E-state index in [4.69, 9.17) is 14.6 Å². The van der Waals surface area contributed by atoms with E-state index in [0.29, 0.717) is 17.2 Å². The van der Waals surface area contributed by atoms with Crippen molar-refractivity contribution in [3.05, 3.63) is 66.1 Å². The lowest BCUT2D eigenvalue weighted by atomic mass is 10.2. The summed E-state index contributed by atoms with van der Waals surface area (Å²) in [4.78, 5) is 31.0. The van der Waals surface area contributed by atoms with Gasteiger partial charge in [0.15, 0.2) is 0 Å². The largest absolute Gasteiger partial charge is 0.506 e. The van der Waals surface area contributed by atoms with Gasteiger partial charge < -0.3 is 25.0 Å². The molecule has 0 atom stereocenters. The molecule has 0 fully saturated rings. The minimum Gasteiger partial charge on any atom is -0.506 e. The van der Waals surface area contributed by atoms with Crippen molar-refractivity contribution in [2.24, 2.45) is 0 Å². The van der Waals surface area contributed by atoms with Crippen molar-refractivity contribution in [1.82, 2.24) is 9.97 Å². The Bertz CT molecular complexity index is 1040. The van der Waals surface area contributed by atoms with E-state index in [-0.39, 0.29) is 29.4 Å². The van der Waals surface area contributed by atoms with Crippen molar-refractivity contribution >= 4 is 23.5 Å². The molecule has 0 bridgehead atoms. The van der Waals surface area contributed by atoms with E-state index < -0.39 is 12.0 Å². The Morgan fingerprint density at radius 2 is 1.80 bits per heavy atom. The zero-order valence-electron chi connectivity index (χ0n) is 15.8. The Morgan fingerprint density at radius 1 is 1.00 bits per heavy atom. The Labute approximate surface area is 171 Å². The quantitative estimate of drug-likeness (QED) is 0.435. The van der Waals surface area contributed by atoms with Crippen LogP contribution in [0.2, 0.25) is 0 Å². The SMILES string of the molecule is COc1ccc(COc2ccc(O)c(NC(=O)c3ccc(NC(=O)O)nc3)c2)nc1. The molecule has 10 nitrogen and oxygen atoms in total. The number of carboxylic acid groups (broad SMARTS) is 1. The number of aromatic nitrogens is 2. The molecule has 3 rings (SSSR count). The standard InChI is InChI=1S/C20H18N4O6/c1-29-15-4-3-13(21-10-15)11-30-14-5-6-17(25)16(8-14)23-19(26)12-2-7-18(22-9-12)24-20(27)28/h2-10,25H,11H2,1H3,(H,22,24)(H,23,26)(H,27,28). The van der Waals surface area contributed by atoms with Gasteiger partial charge in [0.05, 0.1) is 30.3 Å². The molecule has 3 aromatic rings. The summed E-state index contributed by atoms with van der Waals surface area (Å²) in [5, 5.41) is 23.3. The first-order chi connectivity index (χ1) is 14.4. The first-order valence-corrected chi connectivity index (χ1v) is 8.66. The Morgan fingerprint density at radius 3 is 2.43 bits per heavy atom. The molecule has 0 radical (unpaired) electrons. The van der Waals surface area contributed by atoms with Gasteiger partial charge in [-0.05, 0) is 36.4 Å². The summed E-state index contributed by atoms with van der Waals surface area (Å²) >= 11 is 0. The maximum atomic E-state index is 12.4. The number of pyridine rings is 2. The van der Waals surface area contributed by atoms with Gasteiger partial charge in [-0.1, -0.05) is 0 Å². The topological polar surface area (TPSA) is 143 Å². The van der Waals surface area contributed by atoms with E-state index in [1.807, 2.05) is 0 Å². The molecule has 0 saturated heterocycles. The lowest BCUT2D eigenvalue weighted by Gasteiger charge is -2.11. The number of rotatable bonds is 7. The highest BCUT2D eigenvalue weighted by Crippen LogP contribution is 2.29. The third-order valence-electron chi connectivity index (χ3n) is 3.90. The molecule has 154 valence electrons. The molecule has 10 heteroatoms. The Kier molecular flexibility index (Phi) is 6.28. The van der Waals surface area contributed by atoms with E-state index >= 15 is 0 Å². The zero-order chi connectivity index (χ0) is 21.5. The van der Waals surface area contributed by atoms with Crippen molar-refractivity contribution in [2.45, 2.75) is 6.61 Å². The van der Waals surface area contributed by atoms with Crippen LogP contribution in [0.1, 0.15) is 16.1 Å². The third-order valence-corrected chi connectivity index (χ3v) is 3.90. The van der Waals surface area contributed by atoms with E-state index in [1.54, 1.807) is 31.5 Å². The highest BCUT2D eigenvalue weighted by atomic mass is 16.5. The molecule has 0 aliphatic carbocycles. The molecule has 1 aromatic carbocycles. The summed E-state index contributed by atoms with van der Waals surface area (Å²) in [5.74, 6) is 0.461. The van der Waals surface area contributed by atoms with Gasteiger partial charge >= 0.3 is 6.09 Å². The molecule has 0 aliphatic heterocycles. The van der Waals surface area contributed by atoms with E-state index in [2.05, 4.69) is 20.6 Å². The molecule has 2 heterocycles. The summed E-state index contributed by atoms with van der Waals surface area (Å²) in [6.07, 6.45) is 1.53. The molecular formula is C20H18N4O6. The number of anilines is 2. The molecule has 4 N–H and O–H groups in total. The number of hydrogen-bond acceptors (Lipinski definition) is 7. The highest BCUT2D eigenvalue weighted by molar-refractivity contribution is 6.05. The minimum absolute atomic E-state index is 0.0874. The van der Waals surface area contributed by atoms with Crippen molar-refractivity contribution in [3.8, 4) is 17.2 Å². The number of hydrogen-bond donors (Lipinski definition) is 4. The van der Waals surface area contributed by atoms with Crippen molar-refractivity contribution in [3.63, 3.8) is 0 Å². The first kappa shape index (κ1) is 20.4. The van der Waals surface area contributed by atoms with Crippen LogP contribution in [0.3, 0.4) is 0 Å². The summed E-state index contributed by atoms with van der Waals surface area (Å²) in [6.45, 7) is 0.185. The summed E-state index contributed by atoms with van der Waals surface area (Å²) in [5.41, 5.74) is 1.00. The number of benzene rings is 1. The van der Waals surface area contributed by atoms with Gasteiger partial charge in [-0.3, -0.25) is 15.1 Å². The fraction of sp³-hybridized carbons (Fsp3) is 0.100. The number of carbonyl (C=O) groups is 2. The van der Waals surface area contributed by atoms with Crippen LogP contribution in [0.4, 0.5) is 16.3 Å². The molecule has 0 unspecified atom stereocenters. The average Bonchev–Trinajstić information content (AvgIpc) is 2.74. The number of phenolic OH excluding ortho intramolecular Hbond substituents is 1. The van der Waals surface area contributed by atoms with Crippen LogP contribution >= 0.6 is 0 Å². The number of phenols is 1. The van der Waals surface area contributed by atoms with Gasteiger partial charge in [0.1, 0.15) is 29.7 Å². The van der Waals surface area contributed by atoms with Gasteiger partial charge in [0.2, 0.25) is 0 Å². The second kappa shape index (κ2) is 9.24. The number of methoxy groups -OCH3 is 1. The van der Waals surface area contributed by atoms with Gasteiger partial charge in [-0.25, -0.2) is 9.78 Å². The predicted molar refractivity (Wildman–Crippen MR) is 107 cm³/mol.